The molecule has 0 heterocycles. The fourth-order valence-corrected chi connectivity index (χ4v) is 12.6. The van der Waals surface area contributed by atoms with Crippen LogP contribution in [0.1, 0.15) is 44.5 Å². The zero-order chi connectivity index (χ0) is 55.3. The summed E-state index contributed by atoms with van der Waals surface area (Å²) in [6.45, 7) is -2.00. The van der Waals surface area contributed by atoms with Crippen LogP contribution in [0.3, 0.4) is 0 Å². The molecule has 416 valence electrons. The van der Waals surface area contributed by atoms with Gasteiger partial charge >= 0.3 is 23.5 Å². The van der Waals surface area contributed by atoms with Gasteiger partial charge < -0.3 is 14.6 Å². The van der Waals surface area contributed by atoms with Gasteiger partial charge in [0.25, 0.3) is 0 Å². The third-order valence-electron chi connectivity index (χ3n) is 12.7. The molecular weight excluding hydrogens is 1080 g/mol. The van der Waals surface area contributed by atoms with E-state index in [1.165, 1.54) is 0 Å². The van der Waals surface area contributed by atoms with Crippen LogP contribution in [-0.2, 0) is 117 Å². The number of hydrogen-bond acceptors (Lipinski definition) is 15. The van der Waals surface area contributed by atoms with E-state index in [4.69, 9.17) is 50.2 Å². The Morgan fingerprint density at radius 3 is 0.600 bits per heavy atom. The molecule has 6 atom stereocenters. The number of aliphatic hydroxyl groups excluding tert-OH is 1. The number of hydrogen-bond donors (Lipinski definition) is 1. The Hall–Kier alpha value is -6.03. The highest BCUT2D eigenvalue weighted by atomic mass is 31.2. The van der Waals surface area contributed by atoms with Gasteiger partial charge in [-0.1, -0.05) is 243 Å². The van der Waals surface area contributed by atoms with Gasteiger partial charge in [-0.3, -0.25) is 40.7 Å². The molecule has 15 nitrogen and oxygen atoms in total. The molecule has 1 aliphatic rings. The van der Waals surface area contributed by atoms with E-state index >= 15 is 13.7 Å². The second-order valence-electron chi connectivity index (χ2n) is 18.6. The fourth-order valence-electron chi connectivity index (χ4n) is 8.53. The first-order chi connectivity index (χ1) is 39.1. The topological polar surface area (TPSA) is 173 Å². The van der Waals surface area contributed by atoms with Crippen molar-refractivity contribution in [1.82, 2.24) is 0 Å². The second kappa shape index (κ2) is 29.6. The zero-order valence-corrected chi connectivity index (χ0v) is 46.4. The molecule has 0 radical (unpaired) electrons. The molecule has 0 bridgehead atoms. The van der Waals surface area contributed by atoms with E-state index in [1.807, 2.05) is 97.1 Å². The van der Waals surface area contributed by atoms with Gasteiger partial charge in [0.15, 0.2) is 0 Å². The molecule has 8 aromatic rings. The smallest absolute Gasteiger partial charge is 0.387 e. The van der Waals surface area contributed by atoms with E-state index in [0.29, 0.717) is 44.5 Å². The minimum Gasteiger partial charge on any atom is -0.387 e. The maximum atomic E-state index is 16.0. The summed E-state index contributed by atoms with van der Waals surface area (Å²) < 4.78 is 119. The van der Waals surface area contributed by atoms with Crippen molar-refractivity contribution < 1.29 is 69.0 Å². The van der Waals surface area contributed by atoms with Crippen LogP contribution in [0.15, 0.2) is 243 Å². The highest BCUT2D eigenvalue weighted by Gasteiger charge is 2.60. The normalized spacial score (nSPS) is 18.7. The second-order valence-corrected chi connectivity index (χ2v) is 23.5. The molecular formula is C62H63O15P3. The van der Waals surface area contributed by atoms with Crippen molar-refractivity contribution in [1.29, 1.82) is 0 Å². The van der Waals surface area contributed by atoms with Crippen LogP contribution < -0.4 is 0 Å². The van der Waals surface area contributed by atoms with Crippen LogP contribution in [0.2, 0.25) is 0 Å². The third kappa shape index (κ3) is 17.7. The minimum absolute atomic E-state index is 0.155. The van der Waals surface area contributed by atoms with Crippen molar-refractivity contribution in [2.45, 2.75) is 89.5 Å². The number of phosphoric ester groups is 3. The van der Waals surface area contributed by atoms with Gasteiger partial charge in [0, 0.05) is 0 Å². The van der Waals surface area contributed by atoms with Gasteiger partial charge in [0.2, 0.25) is 0 Å². The molecule has 1 saturated carbocycles. The predicted octanol–water partition coefficient (Wildman–Crippen LogP) is 14.3. The Balaban J connectivity index is 1.21. The van der Waals surface area contributed by atoms with Crippen LogP contribution >= 0.6 is 23.5 Å². The lowest BCUT2D eigenvalue weighted by Gasteiger charge is -2.48. The zero-order valence-electron chi connectivity index (χ0n) is 43.7. The van der Waals surface area contributed by atoms with Crippen molar-refractivity contribution in [3.05, 3.63) is 287 Å². The molecule has 8 aromatic carbocycles. The molecule has 9 rings (SSSR count). The first-order valence-corrected chi connectivity index (χ1v) is 30.4. The maximum absolute atomic E-state index is 16.0. The summed E-state index contributed by atoms with van der Waals surface area (Å²) in [5, 5.41) is 13.1. The first kappa shape index (κ1) is 58.6. The summed E-state index contributed by atoms with van der Waals surface area (Å²) >= 11 is 0. The molecule has 18 heteroatoms. The molecule has 0 amide bonds. The van der Waals surface area contributed by atoms with E-state index in [-0.39, 0.29) is 52.9 Å². The summed E-state index contributed by atoms with van der Waals surface area (Å²) in [5.41, 5.74) is 5.02. The summed E-state index contributed by atoms with van der Waals surface area (Å²) in [5.74, 6) is 0. The molecule has 0 spiro atoms. The van der Waals surface area contributed by atoms with Crippen LogP contribution in [0.4, 0.5) is 0 Å². The Kier molecular flexibility index (Phi) is 21.7. The van der Waals surface area contributed by atoms with Crippen LogP contribution in [-0.4, -0.2) is 41.7 Å². The average molecular weight is 1140 g/mol. The fraction of sp³-hybridized carbons (Fsp3) is 0.226. The maximum Gasteiger partial charge on any atom is 0.475 e. The number of rotatable bonds is 30. The van der Waals surface area contributed by atoms with E-state index in [9.17, 15) is 5.11 Å². The average Bonchev–Trinajstić information content (AvgIpc) is 3.62. The van der Waals surface area contributed by atoms with Gasteiger partial charge in [0.05, 0.1) is 52.9 Å². The molecule has 0 aliphatic heterocycles. The van der Waals surface area contributed by atoms with Crippen molar-refractivity contribution >= 4 is 23.5 Å². The minimum atomic E-state index is -5.00. The van der Waals surface area contributed by atoms with E-state index in [0.717, 1.165) is 0 Å². The molecule has 1 fully saturated rings. The summed E-state index contributed by atoms with van der Waals surface area (Å²) in [6, 6.07) is 72.0. The van der Waals surface area contributed by atoms with Crippen LogP contribution in [0.25, 0.3) is 0 Å². The predicted molar refractivity (Wildman–Crippen MR) is 301 cm³/mol. The molecule has 1 N–H and O–H groups in total. The van der Waals surface area contributed by atoms with Gasteiger partial charge in [0.1, 0.15) is 36.6 Å². The number of aliphatic hydroxyl groups is 1. The van der Waals surface area contributed by atoms with Gasteiger partial charge in [-0.15, -0.1) is 0 Å². The SMILES string of the molecule is O=P(OCc1ccccc1)(OCc1ccccc1)O[C@@H]1[C@@H](OP(=O)(OCc2ccccc2)OCc2ccccc2)[C@H](OCc2ccccc2)[C@@H](O)[C@@H](OCc2ccccc2)[C@H]1OP(=O)(OCc1ccccc1)OCc1ccccc1. The summed E-state index contributed by atoms with van der Waals surface area (Å²) in [6.07, 6.45) is -10.8. The molecule has 1 aliphatic carbocycles. The molecule has 0 aromatic heterocycles. The van der Waals surface area contributed by atoms with Crippen molar-refractivity contribution in [3.63, 3.8) is 0 Å². The van der Waals surface area contributed by atoms with Crippen molar-refractivity contribution in [3.8, 4) is 0 Å². The lowest BCUT2D eigenvalue weighted by molar-refractivity contribution is -0.243. The number of benzene rings is 8. The number of ether oxygens (including phenoxy) is 2. The van der Waals surface area contributed by atoms with E-state index in [1.54, 1.807) is 146 Å². The molecule has 0 saturated heterocycles. The lowest BCUT2D eigenvalue weighted by atomic mass is 9.84. The van der Waals surface area contributed by atoms with E-state index in [2.05, 4.69) is 0 Å². The van der Waals surface area contributed by atoms with Gasteiger partial charge in [-0.05, 0) is 44.5 Å². The highest BCUT2D eigenvalue weighted by Crippen LogP contribution is 2.61. The van der Waals surface area contributed by atoms with Crippen LogP contribution in [0, 0.1) is 0 Å². The largest absolute Gasteiger partial charge is 0.475 e. The quantitative estimate of drug-likeness (QED) is 0.0421. The summed E-state index contributed by atoms with van der Waals surface area (Å²) in [7, 11) is -14.9. The lowest BCUT2D eigenvalue weighted by Crippen LogP contribution is -2.66. The monoisotopic (exact) mass is 1140 g/mol. The van der Waals surface area contributed by atoms with Crippen LogP contribution in [0.5, 0.6) is 0 Å². The summed E-state index contributed by atoms with van der Waals surface area (Å²) in [4.78, 5) is 0. The standard InChI is InChI=1S/C62H63O15P3/c63-57-58(67-41-49-25-9-1-10-26-49)60(75-78(64,69-43-51-29-13-3-14-30-51)70-44-52-31-15-4-16-32-52)62(77-80(66,73-47-55-37-21-7-22-38-55)74-48-56-39-23-8-24-40-56)61(59(57)68-42-50-27-11-2-12-28-50)76-79(65,71-45-53-33-17-5-18-34-53)72-46-54-35-19-6-20-36-54/h1-40,57-63H,41-48H2/t57-,58-,59-,60+,61-,62-/m1/s1. The van der Waals surface area contributed by atoms with Crippen molar-refractivity contribution in [2.75, 3.05) is 0 Å². The van der Waals surface area contributed by atoms with Gasteiger partial charge in [-0.25, -0.2) is 13.7 Å². The highest BCUT2D eigenvalue weighted by molar-refractivity contribution is 7.49. The third-order valence-corrected chi connectivity index (χ3v) is 16.9. The van der Waals surface area contributed by atoms with Crippen molar-refractivity contribution in [2.24, 2.45) is 0 Å². The van der Waals surface area contributed by atoms with E-state index < -0.39 is 60.1 Å². The number of phosphoric acid groups is 3. The Labute approximate surface area is 467 Å². The Morgan fingerprint density at radius 2 is 0.412 bits per heavy atom. The Morgan fingerprint density at radius 1 is 0.250 bits per heavy atom. The Bertz CT molecular complexity index is 2890. The van der Waals surface area contributed by atoms with Gasteiger partial charge in [-0.2, -0.15) is 0 Å². The first-order valence-electron chi connectivity index (χ1n) is 26.1. The molecule has 80 heavy (non-hydrogen) atoms. The molecule has 0 unspecified atom stereocenters.